The first kappa shape index (κ1) is 19.2. The van der Waals surface area contributed by atoms with Crippen molar-refractivity contribution in [3.63, 3.8) is 0 Å². The summed E-state index contributed by atoms with van der Waals surface area (Å²) in [5, 5.41) is 2.44. The second-order valence-corrected chi connectivity index (χ2v) is 10.5. The number of rotatable bonds is 4. The summed E-state index contributed by atoms with van der Waals surface area (Å²) in [6, 6.07) is 8.45. The highest BCUT2D eigenvalue weighted by molar-refractivity contribution is 14.1. The van der Waals surface area contributed by atoms with Crippen LogP contribution in [-0.4, -0.2) is 0 Å². The van der Waals surface area contributed by atoms with E-state index in [1.807, 2.05) is 0 Å². The van der Waals surface area contributed by atoms with Gasteiger partial charge in [0.1, 0.15) is 0 Å². The quantitative estimate of drug-likeness (QED) is 0.275. The minimum Gasteiger partial charge on any atom is -0.0912 e. The molecule has 1 fully saturated rings. The van der Waals surface area contributed by atoms with Crippen molar-refractivity contribution >= 4 is 35.2 Å². The third kappa shape index (κ3) is 3.77. The number of unbranched alkanes of at least 4 members (excludes halogenated alkanes) is 1. The van der Waals surface area contributed by atoms with E-state index in [2.05, 4.69) is 91.6 Å². The topological polar surface area (TPSA) is 0 Å². The van der Waals surface area contributed by atoms with Gasteiger partial charge in [0.25, 0.3) is 0 Å². The molecular formula is C26H31I. The molecule has 0 spiro atoms. The Labute approximate surface area is 178 Å². The number of hydrogen-bond acceptors (Lipinski definition) is 0. The minimum absolute atomic E-state index is 0.395. The van der Waals surface area contributed by atoms with Crippen LogP contribution in [0.1, 0.15) is 52.4 Å². The highest BCUT2D eigenvalue weighted by atomic mass is 127. The van der Waals surface area contributed by atoms with Crippen molar-refractivity contribution in [2.24, 2.45) is 23.2 Å². The van der Waals surface area contributed by atoms with Gasteiger partial charge in [-0.15, -0.1) is 0 Å². The van der Waals surface area contributed by atoms with Crippen LogP contribution >= 0.6 is 22.6 Å². The Morgan fingerprint density at radius 1 is 1.22 bits per heavy atom. The van der Waals surface area contributed by atoms with Crippen LogP contribution in [0.15, 0.2) is 57.2 Å². The fraction of sp³-hybridized carbons (Fsp3) is 0.462. The van der Waals surface area contributed by atoms with Gasteiger partial charge in [-0.25, -0.2) is 0 Å². The zero-order chi connectivity index (χ0) is 19.0. The number of halogens is 1. The van der Waals surface area contributed by atoms with Crippen LogP contribution in [0.3, 0.4) is 0 Å². The molecule has 0 aliphatic heterocycles. The maximum absolute atomic E-state index is 4.13. The van der Waals surface area contributed by atoms with Crippen LogP contribution in [0, 0.1) is 23.2 Å². The van der Waals surface area contributed by atoms with E-state index in [0.717, 1.165) is 29.4 Å². The Bertz CT molecular complexity index is 912. The molecule has 3 unspecified atom stereocenters. The summed E-state index contributed by atoms with van der Waals surface area (Å²) in [6.45, 7) is 9.16. The highest BCUT2D eigenvalue weighted by Crippen LogP contribution is 2.61. The third-order valence-electron chi connectivity index (χ3n) is 7.19. The highest BCUT2D eigenvalue weighted by Gasteiger charge is 2.52. The smallest absolute Gasteiger partial charge is 0.00879 e. The first-order valence-corrected chi connectivity index (χ1v) is 11.5. The van der Waals surface area contributed by atoms with Crippen molar-refractivity contribution in [2.75, 3.05) is 0 Å². The lowest BCUT2D eigenvalue weighted by molar-refractivity contribution is 0.201. The average molecular weight is 470 g/mol. The van der Waals surface area contributed by atoms with Gasteiger partial charge in [0, 0.05) is 0 Å². The van der Waals surface area contributed by atoms with Gasteiger partial charge in [-0.2, -0.15) is 0 Å². The molecule has 3 atom stereocenters. The minimum atomic E-state index is 0.395. The second kappa shape index (κ2) is 7.73. The molecule has 4 rings (SSSR count). The first-order chi connectivity index (χ1) is 13.0. The molecule has 142 valence electrons. The molecule has 1 aromatic carbocycles. The summed E-state index contributed by atoms with van der Waals surface area (Å²) in [4.78, 5) is 0. The van der Waals surface area contributed by atoms with Crippen molar-refractivity contribution in [1.29, 1.82) is 0 Å². The molecule has 1 heteroatoms. The monoisotopic (exact) mass is 470 g/mol. The molecule has 0 saturated heterocycles. The van der Waals surface area contributed by atoms with Crippen LogP contribution in [-0.2, 0) is 0 Å². The lowest BCUT2D eigenvalue weighted by Crippen LogP contribution is -2.27. The molecule has 0 nitrogen and oxygen atoms in total. The predicted octanol–water partition coefficient (Wildman–Crippen LogP) is 6.31. The van der Waals surface area contributed by atoms with Gasteiger partial charge in [0.05, 0.1) is 0 Å². The molecule has 27 heavy (non-hydrogen) atoms. The largest absolute Gasteiger partial charge is 0.0912 e. The molecule has 1 saturated carbocycles. The molecule has 0 heterocycles. The van der Waals surface area contributed by atoms with Crippen molar-refractivity contribution in [2.45, 2.75) is 52.4 Å². The molecule has 3 aliphatic carbocycles. The summed E-state index contributed by atoms with van der Waals surface area (Å²) in [6.07, 6.45) is 17.5. The fourth-order valence-electron chi connectivity index (χ4n) is 5.60. The lowest BCUT2D eigenvalue weighted by Gasteiger charge is -2.35. The standard InChI is InChI=1S/C26H31I/c1-18-8-4-6-10-20(18)11-7-5-9-19-12-14-22-23-15-13-21(27)17-25(23)26(2,3)24(22)16-19/h4,6,8,10-11,13,15-16,22,24-25H,1,5,7,9,12,14,17H2,2-3H3/b20-11-. The van der Waals surface area contributed by atoms with Gasteiger partial charge in [-0.3, -0.25) is 0 Å². The molecule has 0 N–H and O–H groups in total. The third-order valence-corrected chi connectivity index (χ3v) is 7.99. The number of allylic oxidation sites excluding steroid dienone is 6. The number of benzene rings is 1. The van der Waals surface area contributed by atoms with E-state index in [1.165, 1.54) is 40.9 Å². The molecule has 3 aliphatic rings. The summed E-state index contributed by atoms with van der Waals surface area (Å²) < 4.78 is 1.53. The molecule has 0 amide bonds. The number of hydrogen-bond donors (Lipinski definition) is 0. The van der Waals surface area contributed by atoms with Crippen molar-refractivity contribution < 1.29 is 0 Å². The maximum Gasteiger partial charge on any atom is -0.00879 e. The van der Waals surface area contributed by atoms with Gasteiger partial charge in [0.2, 0.25) is 0 Å². The Morgan fingerprint density at radius 3 is 2.85 bits per heavy atom. The average Bonchev–Trinajstić information content (AvgIpc) is 2.87. The van der Waals surface area contributed by atoms with Gasteiger partial charge in [0.15, 0.2) is 0 Å². The van der Waals surface area contributed by atoms with Gasteiger partial charge >= 0.3 is 0 Å². The first-order valence-electron chi connectivity index (χ1n) is 10.5. The van der Waals surface area contributed by atoms with E-state index in [-0.39, 0.29) is 0 Å². The normalized spacial score (nSPS) is 29.5. The van der Waals surface area contributed by atoms with Gasteiger partial charge < -0.3 is 0 Å². The Kier molecular flexibility index (Phi) is 5.51. The summed E-state index contributed by atoms with van der Waals surface area (Å²) in [5.74, 6) is 2.28. The SMILES string of the molecule is C=c1cccc/c1=C/CCCC1=CC2C(CC1)C1=CC=C(I)CC1C2(C)C. The molecule has 0 radical (unpaired) electrons. The Balaban J connectivity index is 1.44. The molecular weight excluding hydrogens is 439 g/mol. The van der Waals surface area contributed by atoms with Crippen molar-refractivity contribution in [1.82, 2.24) is 0 Å². The Morgan fingerprint density at radius 2 is 2.04 bits per heavy atom. The van der Waals surface area contributed by atoms with Gasteiger partial charge in [-0.1, -0.05) is 80.1 Å². The molecule has 1 aromatic rings. The van der Waals surface area contributed by atoms with Crippen LogP contribution in [0.2, 0.25) is 0 Å². The Hall–Kier alpha value is -1.09. The van der Waals surface area contributed by atoms with E-state index < -0.39 is 0 Å². The second-order valence-electron chi connectivity index (χ2n) is 9.15. The van der Waals surface area contributed by atoms with Crippen LogP contribution in [0.5, 0.6) is 0 Å². The fourth-order valence-corrected chi connectivity index (χ4v) is 6.22. The van der Waals surface area contributed by atoms with E-state index >= 15 is 0 Å². The van der Waals surface area contributed by atoms with Crippen LogP contribution in [0.4, 0.5) is 0 Å². The van der Waals surface area contributed by atoms with Crippen molar-refractivity contribution in [3.8, 4) is 0 Å². The maximum atomic E-state index is 4.13. The zero-order valence-electron chi connectivity index (χ0n) is 16.7. The number of fused-ring (bicyclic) bond motifs is 3. The van der Waals surface area contributed by atoms with E-state index in [0.29, 0.717) is 5.41 Å². The summed E-state index contributed by atoms with van der Waals surface area (Å²) >= 11 is 2.53. The molecule has 0 aromatic heterocycles. The molecule has 0 bridgehead atoms. The van der Waals surface area contributed by atoms with E-state index in [9.17, 15) is 0 Å². The summed E-state index contributed by atoms with van der Waals surface area (Å²) in [7, 11) is 0. The van der Waals surface area contributed by atoms with E-state index in [1.54, 1.807) is 11.1 Å². The van der Waals surface area contributed by atoms with Crippen LogP contribution < -0.4 is 10.4 Å². The zero-order valence-corrected chi connectivity index (χ0v) is 18.8. The lowest BCUT2D eigenvalue weighted by atomic mass is 9.70. The predicted molar refractivity (Wildman–Crippen MR) is 126 cm³/mol. The van der Waals surface area contributed by atoms with Crippen LogP contribution in [0.25, 0.3) is 12.7 Å². The summed E-state index contributed by atoms with van der Waals surface area (Å²) in [5.41, 5.74) is 3.86. The van der Waals surface area contributed by atoms with Gasteiger partial charge in [-0.05, 0) is 98.3 Å². The van der Waals surface area contributed by atoms with E-state index in [4.69, 9.17) is 0 Å². The van der Waals surface area contributed by atoms with Crippen molar-refractivity contribution in [3.05, 3.63) is 67.7 Å².